The van der Waals surface area contributed by atoms with Gasteiger partial charge in [-0.1, -0.05) is 24.3 Å². The van der Waals surface area contributed by atoms with Gasteiger partial charge in [-0.25, -0.2) is 9.07 Å². The summed E-state index contributed by atoms with van der Waals surface area (Å²) in [7, 11) is 1.58. The average molecular weight is 581 g/mol. The number of para-hydroxylation sites is 1. The second-order valence-corrected chi connectivity index (χ2v) is 10.7. The summed E-state index contributed by atoms with van der Waals surface area (Å²) >= 11 is 0. The van der Waals surface area contributed by atoms with Crippen molar-refractivity contribution in [2.24, 2.45) is 0 Å². The van der Waals surface area contributed by atoms with E-state index in [2.05, 4.69) is 9.88 Å². The van der Waals surface area contributed by atoms with E-state index in [1.54, 1.807) is 42.3 Å². The van der Waals surface area contributed by atoms with Gasteiger partial charge in [0.1, 0.15) is 17.1 Å². The van der Waals surface area contributed by atoms with Gasteiger partial charge in [0, 0.05) is 36.3 Å². The van der Waals surface area contributed by atoms with E-state index in [0.29, 0.717) is 45.9 Å². The van der Waals surface area contributed by atoms with Gasteiger partial charge in [0.05, 0.1) is 24.9 Å². The predicted octanol–water partition coefficient (Wildman–Crippen LogP) is 5.96. The highest BCUT2D eigenvalue weighted by Gasteiger charge is 2.25. The van der Waals surface area contributed by atoms with Crippen LogP contribution in [0.5, 0.6) is 17.2 Å². The molecule has 43 heavy (non-hydrogen) atoms. The fourth-order valence-electron chi connectivity index (χ4n) is 5.75. The molecule has 8 nitrogen and oxygen atoms in total. The molecule has 0 bridgehead atoms. The number of fused-ring (bicyclic) bond motifs is 1. The number of rotatable bonds is 10. The second kappa shape index (κ2) is 12.2. The summed E-state index contributed by atoms with van der Waals surface area (Å²) in [6.45, 7) is 5.27. The first-order valence-electron chi connectivity index (χ1n) is 14.5. The van der Waals surface area contributed by atoms with Gasteiger partial charge >= 0.3 is 0 Å². The van der Waals surface area contributed by atoms with Gasteiger partial charge in [0.15, 0.2) is 17.3 Å². The summed E-state index contributed by atoms with van der Waals surface area (Å²) in [6.07, 6.45) is 3.82. The zero-order valence-electron chi connectivity index (χ0n) is 24.3. The van der Waals surface area contributed by atoms with Crippen molar-refractivity contribution in [3.63, 3.8) is 0 Å². The van der Waals surface area contributed by atoms with Crippen LogP contribution in [0.3, 0.4) is 0 Å². The van der Waals surface area contributed by atoms with Crippen LogP contribution in [0.15, 0.2) is 83.8 Å². The SMILES string of the molecule is COc1ccc2c(Oc3ccc(CC(=O)c4c(C)n(CCN5CCCC5)n(-c5ccccc5)c4=O)cc3F)ccnc2c1. The summed E-state index contributed by atoms with van der Waals surface area (Å²) in [5.41, 5.74) is 2.18. The van der Waals surface area contributed by atoms with Crippen LogP contribution in [0.4, 0.5) is 4.39 Å². The molecule has 0 radical (unpaired) electrons. The molecule has 1 aliphatic rings. The Kier molecular flexibility index (Phi) is 8.07. The molecule has 1 aliphatic heterocycles. The van der Waals surface area contributed by atoms with E-state index >= 15 is 4.39 Å². The Morgan fingerprint density at radius 3 is 2.49 bits per heavy atom. The van der Waals surface area contributed by atoms with Crippen LogP contribution in [0.1, 0.15) is 34.5 Å². The van der Waals surface area contributed by atoms with Crippen LogP contribution >= 0.6 is 0 Å². The summed E-state index contributed by atoms with van der Waals surface area (Å²) in [4.78, 5) is 34.0. The summed E-state index contributed by atoms with van der Waals surface area (Å²) in [6, 6.07) is 20.8. The number of likely N-dealkylation sites (tertiary alicyclic amines) is 1. The molecule has 9 heteroatoms. The molecular weight excluding hydrogens is 547 g/mol. The largest absolute Gasteiger partial charge is 0.497 e. The number of ether oxygens (including phenoxy) is 2. The second-order valence-electron chi connectivity index (χ2n) is 10.7. The molecule has 0 unspecified atom stereocenters. The van der Waals surface area contributed by atoms with E-state index in [1.807, 2.05) is 48.0 Å². The lowest BCUT2D eigenvalue weighted by Gasteiger charge is -2.18. The Morgan fingerprint density at radius 1 is 0.953 bits per heavy atom. The Balaban J connectivity index is 1.25. The monoisotopic (exact) mass is 580 g/mol. The number of hydrogen-bond donors (Lipinski definition) is 0. The standard InChI is InChI=1S/C34H33FN4O4/c1-23-33(34(41)39(25-8-4-3-5-9-25)38(23)19-18-37-16-6-7-17-37)30(40)21-24-10-13-32(28(35)20-24)43-31-14-15-36-29-22-26(42-2)11-12-27(29)31/h3-5,8-15,20,22H,6-7,16-19,21H2,1-2H3. The summed E-state index contributed by atoms with van der Waals surface area (Å²) in [5, 5.41) is 0.710. The molecule has 3 heterocycles. The van der Waals surface area contributed by atoms with Crippen molar-refractivity contribution < 1.29 is 18.7 Å². The van der Waals surface area contributed by atoms with Crippen LogP contribution in [-0.2, 0) is 13.0 Å². The van der Waals surface area contributed by atoms with Gasteiger partial charge < -0.3 is 14.4 Å². The number of halogens is 1. The molecule has 220 valence electrons. The lowest BCUT2D eigenvalue weighted by molar-refractivity contribution is 0.0991. The van der Waals surface area contributed by atoms with Crippen molar-refractivity contribution in [3.05, 3.63) is 112 Å². The Hall–Kier alpha value is -4.76. The zero-order valence-corrected chi connectivity index (χ0v) is 24.3. The molecular formula is C34H33FN4O4. The molecule has 3 aromatic carbocycles. The smallest absolute Gasteiger partial charge is 0.282 e. The Bertz CT molecular complexity index is 1840. The number of pyridine rings is 1. The predicted molar refractivity (Wildman–Crippen MR) is 163 cm³/mol. The maximum Gasteiger partial charge on any atom is 0.282 e. The number of benzene rings is 3. The molecule has 1 saturated heterocycles. The van der Waals surface area contributed by atoms with Gasteiger partial charge in [-0.3, -0.25) is 19.3 Å². The minimum atomic E-state index is -0.606. The van der Waals surface area contributed by atoms with E-state index in [1.165, 1.54) is 25.0 Å². The average Bonchev–Trinajstić information content (AvgIpc) is 3.62. The molecule has 1 fully saturated rings. The van der Waals surface area contributed by atoms with Crippen molar-refractivity contribution in [1.29, 1.82) is 0 Å². The number of Topliss-reactive ketones (excluding diaryl/α,β-unsaturated/α-hetero) is 1. The van der Waals surface area contributed by atoms with Gasteiger partial charge in [-0.15, -0.1) is 0 Å². The first-order valence-corrected chi connectivity index (χ1v) is 14.5. The van der Waals surface area contributed by atoms with Crippen LogP contribution < -0.4 is 15.0 Å². The third kappa shape index (κ3) is 5.81. The lowest BCUT2D eigenvalue weighted by atomic mass is 10.0. The highest BCUT2D eigenvalue weighted by molar-refractivity contribution is 5.98. The molecule has 0 atom stereocenters. The fraction of sp³-hybridized carbons (Fsp3) is 0.265. The summed E-state index contributed by atoms with van der Waals surface area (Å²) < 4.78 is 29.9. The van der Waals surface area contributed by atoms with Crippen LogP contribution in [-0.4, -0.2) is 51.8 Å². The van der Waals surface area contributed by atoms with Gasteiger partial charge in [0.25, 0.3) is 5.56 Å². The fourth-order valence-corrected chi connectivity index (χ4v) is 5.75. The molecule has 0 spiro atoms. The first kappa shape index (κ1) is 28.4. The first-order chi connectivity index (χ1) is 20.9. The highest BCUT2D eigenvalue weighted by atomic mass is 19.1. The number of nitrogens with zero attached hydrogens (tertiary/aromatic N) is 4. The number of carbonyl (C=O) groups is 1. The minimum absolute atomic E-state index is 0.0233. The quantitative estimate of drug-likeness (QED) is 0.190. The maximum atomic E-state index is 15.3. The van der Waals surface area contributed by atoms with Crippen molar-refractivity contribution in [2.45, 2.75) is 32.7 Å². The number of methoxy groups -OCH3 is 1. The lowest BCUT2D eigenvalue weighted by Crippen LogP contribution is -2.29. The third-order valence-electron chi connectivity index (χ3n) is 7.99. The van der Waals surface area contributed by atoms with Gasteiger partial charge in [-0.2, -0.15) is 0 Å². The normalized spacial score (nSPS) is 13.5. The molecule has 2 aromatic heterocycles. The van der Waals surface area contributed by atoms with Crippen LogP contribution in [0.25, 0.3) is 16.6 Å². The van der Waals surface area contributed by atoms with E-state index in [0.717, 1.165) is 19.6 Å². The van der Waals surface area contributed by atoms with Crippen molar-refractivity contribution >= 4 is 16.7 Å². The van der Waals surface area contributed by atoms with Gasteiger partial charge in [0.2, 0.25) is 0 Å². The molecule has 0 aliphatic carbocycles. The van der Waals surface area contributed by atoms with E-state index in [-0.39, 0.29) is 29.1 Å². The molecule has 0 N–H and O–H groups in total. The van der Waals surface area contributed by atoms with Crippen LogP contribution in [0.2, 0.25) is 0 Å². The third-order valence-corrected chi connectivity index (χ3v) is 7.99. The number of aromatic nitrogens is 3. The van der Waals surface area contributed by atoms with Gasteiger partial charge in [-0.05, 0) is 80.9 Å². The van der Waals surface area contributed by atoms with E-state index < -0.39 is 5.82 Å². The van der Waals surface area contributed by atoms with Crippen LogP contribution in [0, 0.1) is 12.7 Å². The van der Waals surface area contributed by atoms with Crippen molar-refractivity contribution in [1.82, 2.24) is 19.2 Å². The Morgan fingerprint density at radius 2 is 1.74 bits per heavy atom. The number of hydrogen-bond acceptors (Lipinski definition) is 6. The maximum absolute atomic E-state index is 15.3. The summed E-state index contributed by atoms with van der Waals surface area (Å²) in [5.74, 6) is 0.169. The Labute approximate surface area is 248 Å². The molecule has 0 saturated carbocycles. The molecule has 6 rings (SSSR count). The molecule has 5 aromatic rings. The van der Waals surface area contributed by atoms with Crippen molar-refractivity contribution in [3.8, 4) is 22.9 Å². The topological polar surface area (TPSA) is 78.6 Å². The zero-order chi connectivity index (χ0) is 29.9. The van der Waals surface area contributed by atoms with E-state index in [9.17, 15) is 9.59 Å². The molecule has 0 amide bonds. The van der Waals surface area contributed by atoms with E-state index in [4.69, 9.17) is 9.47 Å². The highest BCUT2D eigenvalue weighted by Crippen LogP contribution is 2.32. The van der Waals surface area contributed by atoms with Crippen molar-refractivity contribution in [2.75, 3.05) is 26.7 Å². The minimum Gasteiger partial charge on any atom is -0.497 e. The number of carbonyl (C=O) groups excluding carboxylic acids is 1. The number of ketones is 1.